The quantitative estimate of drug-likeness (QED) is 0.0994. The van der Waals surface area contributed by atoms with Gasteiger partial charge in [-0.25, -0.2) is 4.79 Å². The molecule has 11 atom stereocenters. The van der Waals surface area contributed by atoms with Crippen molar-refractivity contribution < 1.29 is 79.2 Å². The second-order valence-corrected chi connectivity index (χ2v) is 11.0. The van der Waals surface area contributed by atoms with E-state index in [2.05, 4.69) is 0 Å². The third-order valence-electron chi connectivity index (χ3n) is 7.13. The van der Waals surface area contributed by atoms with Crippen molar-refractivity contribution in [3.63, 3.8) is 0 Å². The van der Waals surface area contributed by atoms with Gasteiger partial charge in [0.15, 0.2) is 11.9 Å². The van der Waals surface area contributed by atoms with Crippen molar-refractivity contribution in [2.45, 2.75) is 100 Å². The minimum Gasteiger partial charge on any atom is -0.481 e. The van der Waals surface area contributed by atoms with Crippen LogP contribution in [0.25, 0.3) is 0 Å². The number of carboxylic acid groups (broad SMARTS) is 1. The number of aliphatic hydroxyl groups is 8. The summed E-state index contributed by atoms with van der Waals surface area (Å²) in [5, 5.41) is 89.1. The molecule has 2 aliphatic heterocycles. The lowest BCUT2D eigenvalue weighted by atomic mass is 9.88. The number of rotatable bonds is 13. The van der Waals surface area contributed by atoms with Crippen molar-refractivity contribution in [3.8, 4) is 5.75 Å². The lowest BCUT2D eigenvalue weighted by molar-refractivity contribution is -0.326. The van der Waals surface area contributed by atoms with Crippen molar-refractivity contribution in [2.75, 3.05) is 13.2 Å². The molecule has 1 aromatic rings. The number of ether oxygens (including phenoxy) is 5. The predicted octanol–water partition coefficient (Wildman–Crippen LogP) is -3.02. The van der Waals surface area contributed by atoms with Crippen LogP contribution in [0, 0.1) is 5.92 Å². The predicted molar refractivity (Wildman–Crippen MR) is 140 cm³/mol. The monoisotopic (exact) mass is 620 g/mol. The average molecular weight is 621 g/mol. The van der Waals surface area contributed by atoms with Crippen molar-refractivity contribution in [2.24, 2.45) is 5.92 Å². The highest BCUT2D eigenvalue weighted by molar-refractivity contribution is 5.85. The average Bonchev–Trinajstić information content (AvgIpc) is 2.96. The summed E-state index contributed by atoms with van der Waals surface area (Å²) in [6.07, 6.45) is -17.0. The van der Waals surface area contributed by atoms with Gasteiger partial charge in [0.2, 0.25) is 6.29 Å². The summed E-state index contributed by atoms with van der Waals surface area (Å²) < 4.78 is 27.3. The van der Waals surface area contributed by atoms with E-state index in [0.717, 1.165) is 0 Å². The van der Waals surface area contributed by atoms with Gasteiger partial charge >= 0.3 is 11.9 Å². The van der Waals surface area contributed by atoms with Crippen LogP contribution >= 0.6 is 0 Å². The first kappa shape index (κ1) is 35.0. The molecule has 0 unspecified atom stereocenters. The normalized spacial score (nSPS) is 34.4. The molecule has 1 aromatic carbocycles. The van der Waals surface area contributed by atoms with Gasteiger partial charge in [-0.1, -0.05) is 26.0 Å². The zero-order valence-electron chi connectivity index (χ0n) is 23.6. The summed E-state index contributed by atoms with van der Waals surface area (Å²) >= 11 is 0. The van der Waals surface area contributed by atoms with Crippen LogP contribution in [-0.2, 0) is 35.1 Å². The van der Waals surface area contributed by atoms with Crippen LogP contribution in [0.4, 0.5) is 0 Å². The maximum Gasteiger partial charge on any atom is 0.339 e. The lowest BCUT2D eigenvalue weighted by Gasteiger charge is -2.43. The summed E-state index contributed by atoms with van der Waals surface area (Å²) in [4.78, 5) is 25.3. The van der Waals surface area contributed by atoms with Gasteiger partial charge in [-0.3, -0.25) is 4.79 Å². The van der Waals surface area contributed by atoms with Gasteiger partial charge in [0, 0.05) is 0 Å². The molecule has 0 spiro atoms. The molecule has 2 heterocycles. The number of hydrogen-bond acceptors (Lipinski definition) is 15. The largest absolute Gasteiger partial charge is 0.481 e. The minimum atomic E-state index is -2.19. The molecule has 16 heteroatoms. The summed E-state index contributed by atoms with van der Waals surface area (Å²) in [7, 11) is 0. The van der Waals surface area contributed by atoms with Crippen molar-refractivity contribution in [3.05, 3.63) is 29.8 Å². The van der Waals surface area contributed by atoms with Gasteiger partial charge in [-0.2, -0.15) is 0 Å². The van der Waals surface area contributed by atoms with Crippen molar-refractivity contribution >= 4 is 11.9 Å². The summed E-state index contributed by atoms with van der Waals surface area (Å²) in [5.41, 5.74) is -1.78. The van der Waals surface area contributed by atoms with Crippen LogP contribution < -0.4 is 4.74 Å². The van der Waals surface area contributed by atoms with Crippen LogP contribution in [0.1, 0.15) is 32.3 Å². The molecule has 43 heavy (non-hydrogen) atoms. The number of benzene rings is 1. The molecule has 0 radical (unpaired) electrons. The van der Waals surface area contributed by atoms with Gasteiger partial charge in [0.1, 0.15) is 61.2 Å². The Morgan fingerprint density at radius 2 is 1.33 bits per heavy atom. The van der Waals surface area contributed by atoms with E-state index >= 15 is 0 Å². The Hall–Kier alpha value is -2.48. The number of carboxylic acids is 1. The molecule has 0 saturated carbocycles. The third kappa shape index (κ3) is 8.37. The fraction of sp³-hybridized carbons (Fsp3) is 0.704. The molecule has 16 nitrogen and oxygen atoms in total. The van der Waals surface area contributed by atoms with E-state index in [0.29, 0.717) is 5.56 Å². The number of aliphatic hydroxyl groups excluding tert-OH is 8. The Kier molecular flexibility index (Phi) is 12.2. The third-order valence-corrected chi connectivity index (χ3v) is 7.13. The highest BCUT2D eigenvalue weighted by atomic mass is 16.7. The minimum absolute atomic E-state index is 0.158. The van der Waals surface area contributed by atoms with Crippen LogP contribution in [0.5, 0.6) is 5.75 Å². The Labute approximate surface area is 246 Å². The first-order valence-corrected chi connectivity index (χ1v) is 13.7. The van der Waals surface area contributed by atoms with Crippen LogP contribution in [0.15, 0.2) is 24.3 Å². The van der Waals surface area contributed by atoms with E-state index in [-0.39, 0.29) is 24.7 Å². The van der Waals surface area contributed by atoms with E-state index in [4.69, 9.17) is 23.7 Å². The van der Waals surface area contributed by atoms with E-state index in [1.807, 2.05) is 0 Å². The highest BCUT2D eigenvalue weighted by Crippen LogP contribution is 2.34. The van der Waals surface area contributed by atoms with E-state index < -0.39 is 98.6 Å². The molecule has 9 N–H and O–H groups in total. The van der Waals surface area contributed by atoms with E-state index in [9.17, 15) is 55.5 Å². The van der Waals surface area contributed by atoms with E-state index in [1.165, 1.54) is 24.3 Å². The summed E-state index contributed by atoms with van der Waals surface area (Å²) in [6, 6.07) is 5.81. The number of hydrogen-bond donors (Lipinski definition) is 9. The fourth-order valence-corrected chi connectivity index (χ4v) is 4.90. The smallest absolute Gasteiger partial charge is 0.339 e. The molecule has 2 fully saturated rings. The molecule has 2 saturated heterocycles. The molecule has 3 rings (SSSR count). The van der Waals surface area contributed by atoms with Crippen LogP contribution in [0.2, 0.25) is 0 Å². The molecule has 244 valence electrons. The van der Waals surface area contributed by atoms with Gasteiger partial charge < -0.3 is 69.6 Å². The number of carbonyl (C=O) groups is 2. The second-order valence-electron chi connectivity index (χ2n) is 11.0. The highest BCUT2D eigenvalue weighted by Gasteiger charge is 2.52. The molecule has 2 aliphatic rings. The first-order valence-electron chi connectivity index (χ1n) is 13.7. The molecule has 0 aromatic heterocycles. The van der Waals surface area contributed by atoms with E-state index in [1.54, 1.807) is 13.8 Å². The Morgan fingerprint density at radius 3 is 1.81 bits per heavy atom. The van der Waals surface area contributed by atoms with Gasteiger partial charge in [0.25, 0.3) is 0 Å². The van der Waals surface area contributed by atoms with Gasteiger partial charge in [-0.15, -0.1) is 0 Å². The topological polar surface area (TPSA) is 262 Å². The molecule has 0 amide bonds. The van der Waals surface area contributed by atoms with Crippen LogP contribution in [-0.4, -0.2) is 138 Å². The fourth-order valence-electron chi connectivity index (χ4n) is 4.90. The summed E-state index contributed by atoms with van der Waals surface area (Å²) in [6.45, 7) is 1.62. The molecular formula is C27H40O16. The molecular weight excluding hydrogens is 580 g/mol. The van der Waals surface area contributed by atoms with Crippen molar-refractivity contribution in [1.82, 2.24) is 0 Å². The standard InChI is InChI=1S/C27H40O16/c1-12(2)7-27(8-17(30)31,43-25-23(37)21(35)19(33)16(10-29)42-25)26(38)39-11-13-3-5-14(6-4-13)40-24-22(36)20(34)18(32)15(9-28)41-24/h3-6,12,15-16,18-25,28-29,32-37H,7-11H2,1-2H3,(H,30,31)/t15-,16-,18-,19-,20+,21+,22-,23-,24-,25+,27-/m0/s1. The Morgan fingerprint density at radius 1 is 0.814 bits per heavy atom. The van der Waals surface area contributed by atoms with Gasteiger partial charge in [-0.05, 0) is 30.0 Å². The molecule has 0 bridgehead atoms. The second kappa shape index (κ2) is 15.0. The zero-order valence-corrected chi connectivity index (χ0v) is 23.6. The van der Waals surface area contributed by atoms with Crippen molar-refractivity contribution in [1.29, 1.82) is 0 Å². The number of carbonyl (C=O) groups excluding carboxylic acids is 1. The maximum atomic E-state index is 13.4. The Balaban J connectivity index is 1.73. The Bertz CT molecular complexity index is 1050. The zero-order chi connectivity index (χ0) is 32.1. The molecule has 0 aliphatic carbocycles. The number of aliphatic carboxylic acids is 1. The number of esters is 1. The van der Waals surface area contributed by atoms with Crippen LogP contribution in [0.3, 0.4) is 0 Å². The van der Waals surface area contributed by atoms with Gasteiger partial charge in [0.05, 0.1) is 19.6 Å². The lowest BCUT2D eigenvalue weighted by Crippen LogP contribution is -2.62. The SMILES string of the molecule is CC(C)C[C@@](CC(=O)O)(O[C@H]1O[C@@H](CO)[C@H](O)[C@@H](O)[C@@H]1O)C(=O)OCc1ccc(O[C@H]2O[C@@H](CO)[C@H](O)[C@@H](O)[C@@H]2O)cc1. The first-order chi connectivity index (χ1) is 20.2. The maximum absolute atomic E-state index is 13.4. The summed E-state index contributed by atoms with van der Waals surface area (Å²) in [5.74, 6) is -2.71.